The molecular weight excluding hydrogens is 272 g/mol. The standard InChI is InChI=1S/C17H19ClO2/c1-11(2)20-16-7-5-4-6-14(16)17(19)13-9-8-12(3)10-15(13)18/h4-11,17,19H,1-3H3. The Morgan fingerprint density at radius 3 is 2.40 bits per heavy atom. The maximum atomic E-state index is 10.6. The number of rotatable bonds is 4. The van der Waals surface area contributed by atoms with E-state index in [2.05, 4.69) is 0 Å². The number of aliphatic hydroxyl groups is 1. The lowest BCUT2D eigenvalue weighted by Gasteiger charge is -2.19. The van der Waals surface area contributed by atoms with E-state index >= 15 is 0 Å². The van der Waals surface area contributed by atoms with Crippen molar-refractivity contribution >= 4 is 11.6 Å². The molecule has 106 valence electrons. The Hall–Kier alpha value is -1.51. The zero-order valence-electron chi connectivity index (χ0n) is 11.9. The van der Waals surface area contributed by atoms with Crippen LogP contribution in [0.2, 0.25) is 5.02 Å². The highest BCUT2D eigenvalue weighted by Gasteiger charge is 2.18. The van der Waals surface area contributed by atoms with Crippen molar-refractivity contribution in [3.8, 4) is 5.75 Å². The van der Waals surface area contributed by atoms with Gasteiger partial charge in [-0.1, -0.05) is 41.9 Å². The highest BCUT2D eigenvalue weighted by molar-refractivity contribution is 6.31. The highest BCUT2D eigenvalue weighted by atomic mass is 35.5. The van der Waals surface area contributed by atoms with E-state index in [4.69, 9.17) is 16.3 Å². The van der Waals surface area contributed by atoms with Crippen LogP contribution in [0.15, 0.2) is 42.5 Å². The molecule has 20 heavy (non-hydrogen) atoms. The second-order valence-corrected chi connectivity index (χ2v) is 5.54. The summed E-state index contributed by atoms with van der Waals surface area (Å²) in [4.78, 5) is 0. The molecule has 0 heterocycles. The van der Waals surface area contributed by atoms with Gasteiger partial charge in [-0.05, 0) is 38.5 Å². The summed E-state index contributed by atoms with van der Waals surface area (Å²) >= 11 is 6.23. The van der Waals surface area contributed by atoms with Gasteiger partial charge in [0, 0.05) is 16.1 Å². The molecular formula is C17H19ClO2. The average molecular weight is 291 g/mol. The molecule has 1 N–H and O–H groups in total. The summed E-state index contributed by atoms with van der Waals surface area (Å²) in [6.07, 6.45) is -0.741. The van der Waals surface area contributed by atoms with Crippen molar-refractivity contribution in [2.24, 2.45) is 0 Å². The monoisotopic (exact) mass is 290 g/mol. The van der Waals surface area contributed by atoms with Crippen LogP contribution < -0.4 is 4.74 Å². The molecule has 2 nitrogen and oxygen atoms in total. The van der Waals surface area contributed by atoms with E-state index in [1.165, 1.54) is 0 Å². The molecule has 0 fully saturated rings. The van der Waals surface area contributed by atoms with Crippen molar-refractivity contribution in [3.05, 3.63) is 64.2 Å². The fourth-order valence-electron chi connectivity index (χ4n) is 2.09. The fraction of sp³-hybridized carbons (Fsp3) is 0.294. The van der Waals surface area contributed by atoms with Gasteiger partial charge in [-0.2, -0.15) is 0 Å². The molecule has 0 radical (unpaired) electrons. The van der Waals surface area contributed by atoms with Crippen molar-refractivity contribution in [1.29, 1.82) is 0 Å². The van der Waals surface area contributed by atoms with Gasteiger partial charge in [-0.3, -0.25) is 0 Å². The van der Waals surface area contributed by atoms with Crippen LogP contribution in [-0.4, -0.2) is 11.2 Å². The number of ether oxygens (including phenoxy) is 1. The number of aliphatic hydroxyl groups excluding tert-OH is 1. The highest BCUT2D eigenvalue weighted by Crippen LogP contribution is 2.34. The van der Waals surface area contributed by atoms with E-state index in [-0.39, 0.29) is 6.10 Å². The van der Waals surface area contributed by atoms with E-state index in [0.29, 0.717) is 16.3 Å². The number of benzene rings is 2. The molecule has 0 aliphatic heterocycles. The van der Waals surface area contributed by atoms with Crippen LogP contribution in [0.4, 0.5) is 0 Å². The molecule has 0 aromatic heterocycles. The Balaban J connectivity index is 2.40. The molecule has 2 aromatic rings. The molecule has 0 spiro atoms. The second kappa shape index (κ2) is 6.29. The van der Waals surface area contributed by atoms with Crippen molar-refractivity contribution < 1.29 is 9.84 Å². The smallest absolute Gasteiger partial charge is 0.125 e. The van der Waals surface area contributed by atoms with Gasteiger partial charge in [0.15, 0.2) is 0 Å². The summed E-state index contributed by atoms with van der Waals surface area (Å²) in [5, 5.41) is 11.2. The molecule has 0 saturated heterocycles. The van der Waals surface area contributed by atoms with Gasteiger partial charge < -0.3 is 9.84 Å². The number of halogens is 1. The summed E-state index contributed by atoms with van der Waals surface area (Å²) in [6.45, 7) is 5.89. The quantitative estimate of drug-likeness (QED) is 0.897. The van der Waals surface area contributed by atoms with Gasteiger partial charge in [0.25, 0.3) is 0 Å². The summed E-state index contributed by atoms with van der Waals surface area (Å²) < 4.78 is 5.75. The van der Waals surface area contributed by atoms with E-state index in [1.807, 2.05) is 63.2 Å². The van der Waals surface area contributed by atoms with Crippen molar-refractivity contribution in [2.45, 2.75) is 33.0 Å². The first-order valence-corrected chi connectivity index (χ1v) is 7.06. The number of hydrogen-bond acceptors (Lipinski definition) is 2. The van der Waals surface area contributed by atoms with Gasteiger partial charge in [0.05, 0.1) is 6.10 Å². The van der Waals surface area contributed by atoms with Crippen LogP contribution in [0.5, 0.6) is 5.75 Å². The first-order valence-electron chi connectivity index (χ1n) is 6.68. The SMILES string of the molecule is Cc1ccc(C(O)c2ccccc2OC(C)C)c(Cl)c1. The van der Waals surface area contributed by atoms with E-state index in [9.17, 15) is 5.11 Å². The maximum absolute atomic E-state index is 10.6. The molecule has 0 bridgehead atoms. The molecule has 1 atom stereocenters. The van der Waals surface area contributed by atoms with Crippen LogP contribution in [-0.2, 0) is 0 Å². The minimum Gasteiger partial charge on any atom is -0.491 e. The Morgan fingerprint density at radius 2 is 1.75 bits per heavy atom. The van der Waals surface area contributed by atoms with Gasteiger partial charge >= 0.3 is 0 Å². The fourth-order valence-corrected chi connectivity index (χ4v) is 2.43. The summed E-state index contributed by atoms with van der Waals surface area (Å²) in [7, 11) is 0. The summed E-state index contributed by atoms with van der Waals surface area (Å²) in [5.74, 6) is 0.687. The minimum atomic E-state index is -0.793. The number of aryl methyl sites for hydroxylation is 1. The first kappa shape index (κ1) is 14.9. The number of hydrogen-bond donors (Lipinski definition) is 1. The molecule has 0 aliphatic carbocycles. The second-order valence-electron chi connectivity index (χ2n) is 5.13. The van der Waals surface area contributed by atoms with Gasteiger partial charge in [-0.25, -0.2) is 0 Å². The topological polar surface area (TPSA) is 29.5 Å². The van der Waals surface area contributed by atoms with Gasteiger partial charge in [0.2, 0.25) is 0 Å². The van der Waals surface area contributed by atoms with Crippen molar-refractivity contribution in [2.75, 3.05) is 0 Å². The number of para-hydroxylation sites is 1. The Kier molecular flexibility index (Phi) is 4.69. The zero-order valence-corrected chi connectivity index (χ0v) is 12.7. The zero-order chi connectivity index (χ0) is 14.7. The summed E-state index contributed by atoms with van der Waals surface area (Å²) in [5.41, 5.74) is 2.49. The van der Waals surface area contributed by atoms with Crippen molar-refractivity contribution in [1.82, 2.24) is 0 Å². The molecule has 2 aromatic carbocycles. The Bertz CT molecular complexity index is 593. The Morgan fingerprint density at radius 1 is 1.05 bits per heavy atom. The van der Waals surface area contributed by atoms with Crippen LogP contribution in [0.1, 0.15) is 36.6 Å². The van der Waals surface area contributed by atoms with Gasteiger partial charge in [-0.15, -0.1) is 0 Å². The Labute approximate surface area is 125 Å². The average Bonchev–Trinajstić information content (AvgIpc) is 2.38. The lowest BCUT2D eigenvalue weighted by Crippen LogP contribution is -2.10. The van der Waals surface area contributed by atoms with Crippen LogP contribution >= 0.6 is 11.6 Å². The molecule has 0 saturated carbocycles. The van der Waals surface area contributed by atoms with E-state index < -0.39 is 6.10 Å². The molecule has 0 amide bonds. The normalized spacial score (nSPS) is 12.5. The maximum Gasteiger partial charge on any atom is 0.125 e. The lowest BCUT2D eigenvalue weighted by atomic mass is 9.99. The molecule has 1 unspecified atom stereocenters. The third-order valence-corrected chi connectivity index (χ3v) is 3.35. The molecule has 0 aliphatic rings. The third-order valence-electron chi connectivity index (χ3n) is 3.03. The van der Waals surface area contributed by atoms with Crippen LogP contribution in [0.25, 0.3) is 0 Å². The predicted molar refractivity (Wildman–Crippen MR) is 82.5 cm³/mol. The lowest BCUT2D eigenvalue weighted by molar-refractivity contribution is 0.198. The molecule has 2 rings (SSSR count). The third kappa shape index (κ3) is 3.33. The first-order chi connectivity index (χ1) is 9.49. The van der Waals surface area contributed by atoms with Crippen molar-refractivity contribution in [3.63, 3.8) is 0 Å². The van der Waals surface area contributed by atoms with E-state index in [1.54, 1.807) is 0 Å². The minimum absolute atomic E-state index is 0.0526. The predicted octanol–water partition coefficient (Wildman–Crippen LogP) is 4.52. The van der Waals surface area contributed by atoms with Crippen LogP contribution in [0.3, 0.4) is 0 Å². The van der Waals surface area contributed by atoms with Crippen LogP contribution in [0, 0.1) is 6.92 Å². The molecule has 3 heteroatoms. The van der Waals surface area contributed by atoms with Gasteiger partial charge in [0.1, 0.15) is 11.9 Å². The summed E-state index contributed by atoms with van der Waals surface area (Å²) in [6, 6.07) is 13.1. The largest absolute Gasteiger partial charge is 0.491 e. The van der Waals surface area contributed by atoms with E-state index in [0.717, 1.165) is 11.1 Å².